The van der Waals surface area contributed by atoms with Crippen molar-refractivity contribution in [3.05, 3.63) is 34.4 Å². The van der Waals surface area contributed by atoms with Gasteiger partial charge in [-0.2, -0.15) is 5.26 Å². The SMILES string of the molecule is C[C@@H](OC(=O)COc1ccc([N+](=O)[O-])cc1)C(=O)N(C)C1(C#N)CCCCC1. The summed E-state index contributed by atoms with van der Waals surface area (Å²) in [5.74, 6) is -0.918. The molecule has 0 spiro atoms. The van der Waals surface area contributed by atoms with E-state index in [4.69, 9.17) is 9.47 Å². The van der Waals surface area contributed by atoms with Crippen LogP contribution in [0.25, 0.3) is 0 Å². The number of ether oxygens (including phenoxy) is 2. The minimum absolute atomic E-state index is 0.0914. The number of non-ortho nitro benzene ring substituents is 1. The number of hydrogen-bond acceptors (Lipinski definition) is 7. The number of nitriles is 1. The smallest absolute Gasteiger partial charge is 0.344 e. The zero-order chi connectivity index (χ0) is 20.7. The van der Waals surface area contributed by atoms with Crippen LogP contribution in [0.1, 0.15) is 39.0 Å². The van der Waals surface area contributed by atoms with Crippen LogP contribution in [0.5, 0.6) is 5.75 Å². The Kier molecular flexibility index (Phi) is 6.93. The van der Waals surface area contributed by atoms with Crippen LogP contribution in [-0.4, -0.2) is 47.0 Å². The highest BCUT2D eigenvalue weighted by molar-refractivity contribution is 5.84. The number of benzene rings is 1. The van der Waals surface area contributed by atoms with Gasteiger partial charge < -0.3 is 14.4 Å². The van der Waals surface area contributed by atoms with Crippen molar-refractivity contribution in [2.24, 2.45) is 0 Å². The fourth-order valence-corrected chi connectivity index (χ4v) is 3.23. The van der Waals surface area contributed by atoms with Gasteiger partial charge in [0.2, 0.25) is 0 Å². The molecule has 0 aliphatic heterocycles. The standard InChI is InChI=1S/C19H23N3O6/c1-14(18(24)21(2)19(13-20)10-4-3-5-11-19)28-17(23)12-27-16-8-6-15(7-9-16)22(25)26/h6-9,14H,3-5,10-12H2,1-2H3/t14-/m1/s1. The van der Waals surface area contributed by atoms with E-state index in [-0.39, 0.29) is 11.4 Å². The Hall–Kier alpha value is -3.15. The summed E-state index contributed by atoms with van der Waals surface area (Å²) in [6.07, 6.45) is 2.96. The number of nitro benzene ring substituents is 1. The summed E-state index contributed by atoms with van der Waals surface area (Å²) < 4.78 is 10.4. The summed E-state index contributed by atoms with van der Waals surface area (Å²) >= 11 is 0. The predicted molar refractivity (Wildman–Crippen MR) is 98.3 cm³/mol. The number of hydrogen-bond donors (Lipinski definition) is 0. The number of nitrogens with zero attached hydrogens (tertiary/aromatic N) is 3. The number of rotatable bonds is 7. The summed E-state index contributed by atoms with van der Waals surface area (Å²) in [6.45, 7) is 1.01. The number of esters is 1. The molecular weight excluding hydrogens is 366 g/mol. The number of nitro groups is 1. The van der Waals surface area contributed by atoms with Crippen LogP contribution in [0.15, 0.2) is 24.3 Å². The summed E-state index contributed by atoms with van der Waals surface area (Å²) in [7, 11) is 1.56. The van der Waals surface area contributed by atoms with Gasteiger partial charge in [0, 0.05) is 19.2 Å². The molecule has 0 radical (unpaired) electrons. The Morgan fingerprint density at radius 2 is 1.89 bits per heavy atom. The van der Waals surface area contributed by atoms with E-state index in [1.54, 1.807) is 7.05 Å². The third-order valence-corrected chi connectivity index (χ3v) is 4.92. The molecule has 28 heavy (non-hydrogen) atoms. The van der Waals surface area contributed by atoms with Crippen LogP contribution in [0, 0.1) is 21.4 Å². The molecule has 0 unspecified atom stereocenters. The van der Waals surface area contributed by atoms with Crippen molar-refractivity contribution >= 4 is 17.6 Å². The van der Waals surface area contributed by atoms with Crippen molar-refractivity contribution in [1.82, 2.24) is 4.90 Å². The molecule has 0 aromatic heterocycles. The van der Waals surface area contributed by atoms with Crippen LogP contribution < -0.4 is 4.74 Å². The van der Waals surface area contributed by atoms with Gasteiger partial charge in [0.05, 0.1) is 11.0 Å². The third-order valence-electron chi connectivity index (χ3n) is 4.92. The fraction of sp³-hybridized carbons (Fsp3) is 0.526. The van der Waals surface area contributed by atoms with Gasteiger partial charge in [-0.25, -0.2) is 4.79 Å². The molecule has 0 N–H and O–H groups in total. The summed E-state index contributed by atoms with van der Waals surface area (Å²) in [5.41, 5.74) is -0.947. The molecule has 0 saturated heterocycles. The second-order valence-electron chi connectivity index (χ2n) is 6.77. The van der Waals surface area contributed by atoms with Crippen molar-refractivity contribution in [3.8, 4) is 11.8 Å². The summed E-state index contributed by atoms with van der Waals surface area (Å²) in [4.78, 5) is 36.0. The molecule has 9 heteroatoms. The van der Waals surface area contributed by atoms with Gasteiger partial charge in [-0.1, -0.05) is 19.3 Å². The van der Waals surface area contributed by atoms with E-state index in [0.717, 1.165) is 19.3 Å². The van der Waals surface area contributed by atoms with Crippen molar-refractivity contribution in [2.45, 2.75) is 50.7 Å². The van der Waals surface area contributed by atoms with E-state index >= 15 is 0 Å². The fourth-order valence-electron chi connectivity index (χ4n) is 3.23. The number of likely N-dealkylation sites (N-methyl/N-ethyl adjacent to an activating group) is 1. The first-order chi connectivity index (χ1) is 13.3. The largest absolute Gasteiger partial charge is 0.482 e. The van der Waals surface area contributed by atoms with Crippen LogP contribution in [-0.2, 0) is 14.3 Å². The Morgan fingerprint density at radius 3 is 2.43 bits per heavy atom. The quantitative estimate of drug-likeness (QED) is 0.399. The van der Waals surface area contributed by atoms with E-state index in [9.17, 15) is 25.0 Å². The second kappa shape index (κ2) is 9.17. The highest BCUT2D eigenvalue weighted by atomic mass is 16.6. The molecule has 0 heterocycles. The molecule has 1 fully saturated rings. The Bertz CT molecular complexity index is 765. The van der Waals surface area contributed by atoms with Crippen LogP contribution in [0.2, 0.25) is 0 Å². The van der Waals surface area contributed by atoms with Crippen molar-refractivity contribution in [2.75, 3.05) is 13.7 Å². The van der Waals surface area contributed by atoms with Gasteiger partial charge >= 0.3 is 5.97 Å². The molecule has 1 amide bonds. The highest BCUT2D eigenvalue weighted by Crippen LogP contribution is 2.32. The average molecular weight is 389 g/mol. The number of carbonyl (C=O) groups is 2. The average Bonchev–Trinajstić information content (AvgIpc) is 2.71. The molecule has 1 aliphatic carbocycles. The lowest BCUT2D eigenvalue weighted by Crippen LogP contribution is -2.53. The van der Waals surface area contributed by atoms with Gasteiger partial charge in [-0.05, 0) is 31.9 Å². The van der Waals surface area contributed by atoms with Crippen molar-refractivity contribution < 1.29 is 24.0 Å². The van der Waals surface area contributed by atoms with E-state index in [1.165, 1.54) is 36.1 Å². The zero-order valence-corrected chi connectivity index (χ0v) is 15.9. The van der Waals surface area contributed by atoms with Gasteiger partial charge in [0.15, 0.2) is 12.7 Å². The number of carbonyl (C=O) groups excluding carboxylic acids is 2. The lowest BCUT2D eigenvalue weighted by atomic mass is 9.81. The first kappa shape index (κ1) is 21.2. The predicted octanol–water partition coefficient (Wildman–Crippen LogP) is 2.59. The van der Waals surface area contributed by atoms with E-state index in [1.807, 2.05) is 0 Å². The van der Waals surface area contributed by atoms with Crippen molar-refractivity contribution in [3.63, 3.8) is 0 Å². The normalized spacial score (nSPS) is 16.3. The maximum Gasteiger partial charge on any atom is 0.344 e. The molecule has 1 aliphatic rings. The monoisotopic (exact) mass is 389 g/mol. The maximum atomic E-state index is 12.6. The van der Waals surface area contributed by atoms with Gasteiger partial charge in [0.1, 0.15) is 11.3 Å². The Morgan fingerprint density at radius 1 is 1.29 bits per heavy atom. The van der Waals surface area contributed by atoms with Crippen molar-refractivity contribution in [1.29, 1.82) is 5.26 Å². The van der Waals surface area contributed by atoms with E-state index in [0.29, 0.717) is 12.8 Å². The minimum Gasteiger partial charge on any atom is -0.482 e. The molecular formula is C19H23N3O6. The maximum absolute atomic E-state index is 12.6. The van der Waals surface area contributed by atoms with Gasteiger partial charge in [0.25, 0.3) is 11.6 Å². The highest BCUT2D eigenvalue weighted by Gasteiger charge is 2.40. The third kappa shape index (κ3) is 4.97. The summed E-state index contributed by atoms with van der Waals surface area (Å²) in [5, 5.41) is 20.2. The van der Waals surface area contributed by atoms with Crippen LogP contribution in [0.3, 0.4) is 0 Å². The molecule has 1 atom stereocenters. The van der Waals surface area contributed by atoms with Gasteiger partial charge in [-0.15, -0.1) is 0 Å². The zero-order valence-electron chi connectivity index (χ0n) is 15.9. The molecule has 1 aromatic carbocycles. The first-order valence-electron chi connectivity index (χ1n) is 9.05. The second-order valence-corrected chi connectivity index (χ2v) is 6.77. The van der Waals surface area contributed by atoms with Gasteiger partial charge in [-0.3, -0.25) is 14.9 Å². The Labute approximate surface area is 163 Å². The van der Waals surface area contributed by atoms with E-state index in [2.05, 4.69) is 6.07 Å². The topological polar surface area (TPSA) is 123 Å². The molecule has 1 saturated carbocycles. The lowest BCUT2D eigenvalue weighted by Gasteiger charge is -2.39. The van der Waals surface area contributed by atoms with Crippen LogP contribution in [0.4, 0.5) is 5.69 Å². The number of amides is 1. The van der Waals surface area contributed by atoms with E-state index < -0.39 is 35.0 Å². The molecule has 1 aromatic rings. The molecule has 0 bridgehead atoms. The molecule has 150 valence electrons. The first-order valence-corrected chi connectivity index (χ1v) is 9.05. The Balaban J connectivity index is 1.87. The molecule has 2 rings (SSSR count). The minimum atomic E-state index is -1.05. The summed E-state index contributed by atoms with van der Waals surface area (Å²) in [6, 6.07) is 7.51. The van der Waals surface area contributed by atoms with Crippen LogP contribution >= 0.6 is 0 Å². The lowest BCUT2D eigenvalue weighted by molar-refractivity contribution is -0.384. The molecule has 9 nitrogen and oxygen atoms in total.